The molecule has 1 N–H and O–H groups in total. The normalized spacial score (nSPS) is 11.3. The van der Waals surface area contributed by atoms with Crippen molar-refractivity contribution in [2.24, 2.45) is 0 Å². The molecule has 0 bridgehead atoms. The minimum Gasteiger partial charge on any atom is -0.497 e. The molecule has 0 saturated heterocycles. The van der Waals surface area contributed by atoms with Crippen molar-refractivity contribution in [2.75, 3.05) is 14.2 Å². The number of pyridine rings is 1. The molecule has 7 heteroatoms. The fourth-order valence-corrected chi connectivity index (χ4v) is 4.27. The highest BCUT2D eigenvalue weighted by Crippen LogP contribution is 2.32. The monoisotopic (exact) mass is 481 g/mol. The highest BCUT2D eigenvalue weighted by molar-refractivity contribution is 6.09. The average molecular weight is 482 g/mol. The van der Waals surface area contributed by atoms with Crippen molar-refractivity contribution in [1.29, 1.82) is 0 Å². The number of ether oxygens (including phenoxy) is 2. The smallest absolute Gasteiger partial charge is 0.244 e. The van der Waals surface area contributed by atoms with E-state index in [1.165, 1.54) is 18.2 Å². The van der Waals surface area contributed by atoms with Crippen LogP contribution in [0.3, 0.4) is 0 Å². The lowest BCUT2D eigenvalue weighted by molar-refractivity contribution is -0.116. The summed E-state index contributed by atoms with van der Waals surface area (Å²) in [6.07, 6.45) is 4.89. The number of rotatable bonds is 7. The molecule has 0 radical (unpaired) electrons. The van der Waals surface area contributed by atoms with Gasteiger partial charge < -0.3 is 19.4 Å². The molecule has 36 heavy (non-hydrogen) atoms. The summed E-state index contributed by atoms with van der Waals surface area (Å²) in [6.45, 7) is 0.258. The van der Waals surface area contributed by atoms with E-state index in [0.29, 0.717) is 17.2 Å². The van der Waals surface area contributed by atoms with Gasteiger partial charge >= 0.3 is 0 Å². The van der Waals surface area contributed by atoms with Crippen LogP contribution >= 0.6 is 0 Å². The van der Waals surface area contributed by atoms with E-state index >= 15 is 0 Å². The molecule has 3 aromatic carbocycles. The number of hydrogen-bond acceptors (Lipinski definition) is 4. The predicted molar refractivity (Wildman–Crippen MR) is 139 cm³/mol. The first-order valence-corrected chi connectivity index (χ1v) is 11.4. The number of halogens is 1. The number of aromatic nitrogens is 2. The molecule has 0 aliphatic rings. The van der Waals surface area contributed by atoms with E-state index < -0.39 is 0 Å². The molecule has 2 aromatic heterocycles. The van der Waals surface area contributed by atoms with Crippen molar-refractivity contribution >= 4 is 33.8 Å². The molecule has 1 amide bonds. The second-order valence-electron chi connectivity index (χ2n) is 8.18. The van der Waals surface area contributed by atoms with Crippen molar-refractivity contribution in [3.63, 3.8) is 0 Å². The molecular formula is C29H24FN3O3. The maximum absolute atomic E-state index is 14.0. The fraction of sp³-hybridized carbons (Fsp3) is 0.103. The molecule has 5 rings (SSSR count). The second-order valence-corrected chi connectivity index (χ2v) is 8.18. The van der Waals surface area contributed by atoms with Gasteiger partial charge in [0.05, 0.1) is 43.7 Å². The molecule has 6 nitrogen and oxygen atoms in total. The summed E-state index contributed by atoms with van der Waals surface area (Å²) in [5.41, 5.74) is 3.99. The quantitative estimate of drug-likeness (QED) is 0.305. The van der Waals surface area contributed by atoms with Gasteiger partial charge in [-0.15, -0.1) is 0 Å². The highest BCUT2D eigenvalue weighted by Gasteiger charge is 2.14. The highest BCUT2D eigenvalue weighted by atomic mass is 19.1. The Hall–Kier alpha value is -4.65. The van der Waals surface area contributed by atoms with Crippen molar-refractivity contribution in [3.05, 3.63) is 102 Å². The zero-order chi connectivity index (χ0) is 25.1. The Morgan fingerprint density at radius 1 is 0.972 bits per heavy atom. The molecule has 5 aromatic rings. The first-order chi connectivity index (χ1) is 17.6. The summed E-state index contributed by atoms with van der Waals surface area (Å²) in [7, 11) is 3.16. The zero-order valence-corrected chi connectivity index (χ0v) is 19.9. The van der Waals surface area contributed by atoms with Crippen LogP contribution in [0.15, 0.2) is 85.1 Å². The van der Waals surface area contributed by atoms with Crippen LogP contribution in [0.4, 0.5) is 4.39 Å². The zero-order valence-electron chi connectivity index (χ0n) is 19.9. The summed E-state index contributed by atoms with van der Waals surface area (Å²) in [5, 5.41) is 4.88. The Morgan fingerprint density at radius 2 is 1.83 bits per heavy atom. The maximum atomic E-state index is 14.0. The Balaban J connectivity index is 1.40. The van der Waals surface area contributed by atoms with E-state index in [1.54, 1.807) is 50.8 Å². The minimum atomic E-state index is -0.301. The largest absolute Gasteiger partial charge is 0.497 e. The standard InChI is InChI=1S/C29H24FN3O3/c1-35-23-11-12-28(36-2)19(14-23)10-13-29(34)32-17-21-16-25-24-8-3-4-9-26(24)33(27(25)18-31-21)22-7-5-6-20(30)15-22/h3-16,18H,17H2,1-2H3,(H,32,34)/b13-10+. The van der Waals surface area contributed by atoms with E-state index in [4.69, 9.17) is 9.47 Å². The van der Waals surface area contributed by atoms with E-state index in [9.17, 15) is 9.18 Å². The third kappa shape index (κ3) is 4.51. The summed E-state index contributed by atoms with van der Waals surface area (Å²) < 4.78 is 26.6. The number of para-hydroxylation sites is 1. The first kappa shape index (κ1) is 23.1. The van der Waals surface area contributed by atoms with E-state index in [2.05, 4.69) is 10.3 Å². The van der Waals surface area contributed by atoms with E-state index in [1.807, 2.05) is 41.0 Å². The van der Waals surface area contributed by atoms with Crippen LogP contribution < -0.4 is 14.8 Å². The van der Waals surface area contributed by atoms with Crippen molar-refractivity contribution < 1.29 is 18.7 Å². The lowest BCUT2D eigenvalue weighted by atomic mass is 10.1. The third-order valence-electron chi connectivity index (χ3n) is 5.98. The summed E-state index contributed by atoms with van der Waals surface area (Å²) in [6, 6.07) is 21.8. The number of amides is 1. The maximum Gasteiger partial charge on any atom is 0.244 e. The Morgan fingerprint density at radius 3 is 2.64 bits per heavy atom. The van der Waals surface area contributed by atoms with Gasteiger partial charge in [-0.1, -0.05) is 24.3 Å². The molecule has 0 atom stereocenters. The number of nitrogens with one attached hydrogen (secondary N) is 1. The van der Waals surface area contributed by atoms with Crippen LogP contribution in [-0.2, 0) is 11.3 Å². The van der Waals surface area contributed by atoms with Gasteiger partial charge in [0.25, 0.3) is 0 Å². The molecule has 0 saturated carbocycles. The number of carbonyl (C=O) groups is 1. The molecule has 0 aliphatic heterocycles. The van der Waals surface area contributed by atoms with Crippen LogP contribution in [0.25, 0.3) is 33.6 Å². The van der Waals surface area contributed by atoms with Gasteiger partial charge in [0.1, 0.15) is 17.3 Å². The Bertz CT molecular complexity index is 1610. The van der Waals surface area contributed by atoms with Gasteiger partial charge in [0, 0.05) is 28.1 Å². The SMILES string of the molecule is COc1ccc(OC)c(/C=C/C(=O)NCc2cc3c4ccccc4n(-c4cccc(F)c4)c3cn2)c1. The number of carbonyl (C=O) groups excluding carboxylic acids is 1. The number of benzene rings is 3. The summed E-state index contributed by atoms with van der Waals surface area (Å²) >= 11 is 0. The van der Waals surface area contributed by atoms with Gasteiger partial charge in [-0.25, -0.2) is 4.39 Å². The van der Waals surface area contributed by atoms with Crippen molar-refractivity contribution in [2.45, 2.75) is 6.54 Å². The average Bonchev–Trinajstić information content (AvgIpc) is 3.24. The molecule has 180 valence electrons. The van der Waals surface area contributed by atoms with Crippen LogP contribution in [0.2, 0.25) is 0 Å². The molecular weight excluding hydrogens is 457 g/mol. The first-order valence-electron chi connectivity index (χ1n) is 11.4. The van der Waals surface area contributed by atoms with Gasteiger partial charge in [0.2, 0.25) is 5.91 Å². The lowest BCUT2D eigenvalue weighted by Gasteiger charge is -2.08. The molecule has 0 spiro atoms. The fourth-order valence-electron chi connectivity index (χ4n) is 4.27. The predicted octanol–water partition coefficient (Wildman–Crippen LogP) is 5.66. The second kappa shape index (κ2) is 9.92. The molecule has 0 unspecified atom stereocenters. The minimum absolute atomic E-state index is 0.258. The molecule has 0 fully saturated rings. The van der Waals surface area contributed by atoms with Gasteiger partial charge in [-0.2, -0.15) is 0 Å². The summed E-state index contributed by atoms with van der Waals surface area (Å²) in [5.74, 6) is 0.752. The Labute approximate surface area is 207 Å². The van der Waals surface area contributed by atoms with Crippen LogP contribution in [-0.4, -0.2) is 29.7 Å². The third-order valence-corrected chi connectivity index (χ3v) is 5.98. The number of hydrogen-bond donors (Lipinski definition) is 1. The van der Waals surface area contributed by atoms with Gasteiger partial charge in [-0.3, -0.25) is 9.78 Å². The topological polar surface area (TPSA) is 65.4 Å². The molecule has 2 heterocycles. The Kier molecular flexibility index (Phi) is 6.36. The summed E-state index contributed by atoms with van der Waals surface area (Å²) in [4.78, 5) is 17.1. The lowest BCUT2D eigenvalue weighted by Crippen LogP contribution is -2.20. The van der Waals surface area contributed by atoms with Gasteiger partial charge in [0.15, 0.2) is 0 Å². The van der Waals surface area contributed by atoms with Crippen molar-refractivity contribution in [3.8, 4) is 17.2 Å². The van der Waals surface area contributed by atoms with E-state index in [0.717, 1.165) is 33.1 Å². The molecule has 0 aliphatic carbocycles. The number of nitrogens with zero attached hydrogens (tertiary/aromatic N) is 2. The van der Waals surface area contributed by atoms with Crippen LogP contribution in [0.5, 0.6) is 11.5 Å². The van der Waals surface area contributed by atoms with Crippen LogP contribution in [0.1, 0.15) is 11.3 Å². The van der Waals surface area contributed by atoms with Gasteiger partial charge in [-0.05, 0) is 54.6 Å². The number of fused-ring (bicyclic) bond motifs is 3. The van der Waals surface area contributed by atoms with E-state index in [-0.39, 0.29) is 18.3 Å². The number of methoxy groups -OCH3 is 2. The van der Waals surface area contributed by atoms with Crippen molar-refractivity contribution in [1.82, 2.24) is 14.9 Å². The van der Waals surface area contributed by atoms with Crippen LogP contribution in [0, 0.1) is 5.82 Å².